The monoisotopic (exact) mass is 264 g/mol. The van der Waals surface area contributed by atoms with Crippen molar-refractivity contribution in [3.63, 3.8) is 0 Å². The lowest BCUT2D eigenvalue weighted by Crippen LogP contribution is -2.32. The van der Waals surface area contributed by atoms with Gasteiger partial charge in [-0.05, 0) is 38.0 Å². The van der Waals surface area contributed by atoms with Gasteiger partial charge in [-0.1, -0.05) is 0 Å². The van der Waals surface area contributed by atoms with Crippen molar-refractivity contribution in [2.24, 2.45) is 0 Å². The second-order valence-corrected chi connectivity index (χ2v) is 4.66. The smallest absolute Gasteiger partial charge is 0.340 e. The molecule has 1 aromatic rings. The van der Waals surface area contributed by atoms with E-state index in [2.05, 4.69) is 4.90 Å². The number of anilines is 2. The number of aliphatic hydroxyl groups is 1. The SMILES string of the molecule is CCOC(=O)c1cc(N2CCCC2CO)ccc1N. The number of carbonyl (C=O) groups excluding carboxylic acids is 1. The van der Waals surface area contributed by atoms with E-state index >= 15 is 0 Å². The van der Waals surface area contributed by atoms with Gasteiger partial charge in [-0.25, -0.2) is 4.79 Å². The number of aliphatic hydroxyl groups excluding tert-OH is 1. The molecule has 5 nitrogen and oxygen atoms in total. The molecular weight excluding hydrogens is 244 g/mol. The van der Waals surface area contributed by atoms with Gasteiger partial charge >= 0.3 is 5.97 Å². The number of carbonyl (C=O) groups is 1. The van der Waals surface area contributed by atoms with Crippen LogP contribution in [0.4, 0.5) is 11.4 Å². The first-order chi connectivity index (χ1) is 9.17. The van der Waals surface area contributed by atoms with Gasteiger partial charge in [-0.3, -0.25) is 0 Å². The van der Waals surface area contributed by atoms with Crippen molar-refractivity contribution in [2.45, 2.75) is 25.8 Å². The van der Waals surface area contributed by atoms with Crippen LogP contribution in [0.25, 0.3) is 0 Å². The molecule has 1 saturated heterocycles. The zero-order chi connectivity index (χ0) is 13.8. The summed E-state index contributed by atoms with van der Waals surface area (Å²) < 4.78 is 4.99. The van der Waals surface area contributed by atoms with E-state index < -0.39 is 5.97 Å². The van der Waals surface area contributed by atoms with E-state index in [4.69, 9.17) is 10.5 Å². The van der Waals surface area contributed by atoms with E-state index in [1.807, 2.05) is 6.07 Å². The minimum Gasteiger partial charge on any atom is -0.462 e. The largest absolute Gasteiger partial charge is 0.462 e. The van der Waals surface area contributed by atoms with Crippen molar-refractivity contribution in [3.8, 4) is 0 Å². The Kier molecular flexibility index (Phi) is 4.27. The Balaban J connectivity index is 2.27. The standard InChI is InChI=1S/C14H20N2O3/c1-2-19-14(18)12-8-10(5-6-13(12)15)16-7-3-4-11(16)9-17/h5-6,8,11,17H,2-4,7,9,15H2,1H3. The Morgan fingerprint density at radius 1 is 1.58 bits per heavy atom. The van der Waals surface area contributed by atoms with Crippen LogP contribution in [0, 0.1) is 0 Å². The van der Waals surface area contributed by atoms with Gasteiger partial charge in [0.2, 0.25) is 0 Å². The van der Waals surface area contributed by atoms with Gasteiger partial charge in [-0.2, -0.15) is 0 Å². The molecule has 0 aliphatic carbocycles. The van der Waals surface area contributed by atoms with Crippen LogP contribution >= 0.6 is 0 Å². The van der Waals surface area contributed by atoms with Crippen LogP contribution in [0.3, 0.4) is 0 Å². The van der Waals surface area contributed by atoms with Gasteiger partial charge in [0.05, 0.1) is 24.8 Å². The van der Waals surface area contributed by atoms with E-state index in [1.54, 1.807) is 19.1 Å². The van der Waals surface area contributed by atoms with Crippen LogP contribution in [0.15, 0.2) is 18.2 Å². The molecule has 0 spiro atoms. The maximum absolute atomic E-state index is 11.8. The molecule has 0 aromatic heterocycles. The fourth-order valence-corrected chi connectivity index (χ4v) is 2.47. The van der Waals surface area contributed by atoms with E-state index in [0.717, 1.165) is 25.1 Å². The van der Waals surface area contributed by atoms with E-state index in [9.17, 15) is 9.90 Å². The molecule has 0 bridgehead atoms. The van der Waals surface area contributed by atoms with E-state index in [0.29, 0.717) is 17.9 Å². The molecule has 1 aromatic carbocycles. The van der Waals surface area contributed by atoms with Gasteiger partial charge in [0.1, 0.15) is 0 Å². The number of nitrogens with zero attached hydrogens (tertiary/aromatic N) is 1. The molecular formula is C14H20N2O3. The van der Waals surface area contributed by atoms with Crippen molar-refractivity contribution in [1.82, 2.24) is 0 Å². The zero-order valence-electron chi connectivity index (χ0n) is 11.1. The highest BCUT2D eigenvalue weighted by Gasteiger charge is 2.25. The Morgan fingerprint density at radius 3 is 3.05 bits per heavy atom. The summed E-state index contributed by atoms with van der Waals surface area (Å²) >= 11 is 0. The van der Waals surface area contributed by atoms with E-state index in [-0.39, 0.29) is 12.6 Å². The summed E-state index contributed by atoms with van der Waals surface area (Å²) in [6, 6.07) is 5.47. The molecule has 5 heteroatoms. The normalized spacial score (nSPS) is 18.6. The minimum atomic E-state index is -0.401. The number of nitrogen functional groups attached to an aromatic ring is 1. The van der Waals surface area contributed by atoms with Crippen molar-refractivity contribution in [2.75, 3.05) is 30.4 Å². The Labute approximate surface area is 113 Å². The number of nitrogens with two attached hydrogens (primary N) is 1. The Hall–Kier alpha value is -1.75. The third kappa shape index (κ3) is 2.81. The number of ether oxygens (including phenoxy) is 1. The Morgan fingerprint density at radius 2 is 2.37 bits per heavy atom. The predicted octanol–water partition coefficient (Wildman–Crippen LogP) is 1.41. The average molecular weight is 264 g/mol. The highest BCUT2D eigenvalue weighted by molar-refractivity contribution is 5.96. The summed E-state index contributed by atoms with van der Waals surface area (Å²) in [6.07, 6.45) is 2.01. The van der Waals surface area contributed by atoms with Crippen LogP contribution in [-0.4, -0.2) is 36.9 Å². The number of hydrogen-bond acceptors (Lipinski definition) is 5. The molecule has 3 N–H and O–H groups in total. The summed E-state index contributed by atoms with van der Waals surface area (Å²) in [5.74, 6) is -0.401. The van der Waals surface area contributed by atoms with Gasteiger partial charge in [0.25, 0.3) is 0 Å². The van der Waals surface area contributed by atoms with Gasteiger partial charge < -0.3 is 20.5 Å². The molecule has 1 atom stereocenters. The first-order valence-corrected chi connectivity index (χ1v) is 6.61. The van der Waals surface area contributed by atoms with Crippen LogP contribution in [-0.2, 0) is 4.74 Å². The third-order valence-electron chi connectivity index (χ3n) is 3.45. The van der Waals surface area contributed by atoms with Gasteiger partial charge in [0.15, 0.2) is 0 Å². The van der Waals surface area contributed by atoms with Crippen LogP contribution in [0.1, 0.15) is 30.1 Å². The second-order valence-electron chi connectivity index (χ2n) is 4.66. The van der Waals surface area contributed by atoms with Crippen molar-refractivity contribution in [1.29, 1.82) is 0 Å². The molecule has 1 aliphatic heterocycles. The number of esters is 1. The number of hydrogen-bond donors (Lipinski definition) is 2. The number of benzene rings is 1. The molecule has 1 unspecified atom stereocenters. The highest BCUT2D eigenvalue weighted by atomic mass is 16.5. The topological polar surface area (TPSA) is 75.8 Å². The van der Waals surface area contributed by atoms with Crippen molar-refractivity contribution >= 4 is 17.3 Å². The average Bonchev–Trinajstić information content (AvgIpc) is 2.88. The maximum Gasteiger partial charge on any atom is 0.340 e. The molecule has 19 heavy (non-hydrogen) atoms. The lowest BCUT2D eigenvalue weighted by atomic mass is 10.1. The summed E-state index contributed by atoms with van der Waals surface area (Å²) in [5, 5.41) is 9.36. The summed E-state index contributed by atoms with van der Waals surface area (Å²) in [7, 11) is 0. The lowest BCUT2D eigenvalue weighted by molar-refractivity contribution is 0.0527. The van der Waals surface area contributed by atoms with Crippen LogP contribution in [0.5, 0.6) is 0 Å². The lowest BCUT2D eigenvalue weighted by Gasteiger charge is -2.25. The zero-order valence-corrected chi connectivity index (χ0v) is 11.1. The minimum absolute atomic E-state index is 0.124. The Bertz CT molecular complexity index is 462. The molecule has 1 heterocycles. The van der Waals surface area contributed by atoms with Crippen molar-refractivity contribution in [3.05, 3.63) is 23.8 Å². The molecule has 0 amide bonds. The number of rotatable bonds is 4. The third-order valence-corrected chi connectivity index (χ3v) is 3.45. The summed E-state index contributed by atoms with van der Waals surface area (Å²) in [6.45, 7) is 3.10. The molecule has 104 valence electrons. The first kappa shape index (κ1) is 13.7. The second kappa shape index (κ2) is 5.93. The highest BCUT2D eigenvalue weighted by Crippen LogP contribution is 2.28. The maximum atomic E-state index is 11.8. The molecule has 0 saturated carbocycles. The van der Waals surface area contributed by atoms with Gasteiger partial charge in [0, 0.05) is 17.9 Å². The summed E-state index contributed by atoms with van der Waals surface area (Å²) in [4.78, 5) is 13.9. The molecule has 1 fully saturated rings. The van der Waals surface area contributed by atoms with Crippen LogP contribution < -0.4 is 10.6 Å². The van der Waals surface area contributed by atoms with Crippen molar-refractivity contribution < 1.29 is 14.6 Å². The fraction of sp³-hybridized carbons (Fsp3) is 0.500. The fourth-order valence-electron chi connectivity index (χ4n) is 2.47. The molecule has 0 radical (unpaired) electrons. The quantitative estimate of drug-likeness (QED) is 0.635. The molecule has 2 rings (SSSR count). The predicted molar refractivity (Wildman–Crippen MR) is 74.3 cm³/mol. The summed E-state index contributed by atoms with van der Waals surface area (Å²) in [5.41, 5.74) is 7.54. The first-order valence-electron chi connectivity index (χ1n) is 6.61. The van der Waals surface area contributed by atoms with Crippen LogP contribution in [0.2, 0.25) is 0 Å². The van der Waals surface area contributed by atoms with E-state index in [1.165, 1.54) is 0 Å². The van der Waals surface area contributed by atoms with Gasteiger partial charge in [-0.15, -0.1) is 0 Å². The molecule has 1 aliphatic rings.